The maximum absolute atomic E-state index is 10.7. The fraction of sp³-hybridized carbons (Fsp3) is 0.632. The van der Waals surface area contributed by atoms with Crippen molar-refractivity contribution in [1.29, 1.82) is 0 Å². The zero-order valence-electron chi connectivity index (χ0n) is 15.8. The summed E-state index contributed by atoms with van der Waals surface area (Å²) < 4.78 is 5.29. The van der Waals surface area contributed by atoms with E-state index < -0.39 is 0 Å². The lowest BCUT2D eigenvalue weighted by atomic mass is 9.83. The van der Waals surface area contributed by atoms with E-state index in [1.54, 1.807) is 19.2 Å². The number of hydrogen-bond acceptors (Lipinski definition) is 4. The minimum atomic E-state index is -0.389. The van der Waals surface area contributed by atoms with Gasteiger partial charge in [0.05, 0.1) is 11.5 Å². The van der Waals surface area contributed by atoms with Crippen molar-refractivity contribution in [2.45, 2.75) is 45.6 Å². The summed E-state index contributed by atoms with van der Waals surface area (Å²) in [6, 6.07) is 6.54. The number of nitro benzene ring substituents is 1. The minimum absolute atomic E-state index is 0.101. The highest BCUT2D eigenvalue weighted by molar-refractivity contribution is 5.79. The van der Waals surface area contributed by atoms with Crippen LogP contribution < -0.4 is 10.6 Å². The third-order valence-electron chi connectivity index (χ3n) is 5.04. The number of benzene rings is 1. The number of methoxy groups -OCH3 is 1. The van der Waals surface area contributed by atoms with Crippen LogP contribution in [0.25, 0.3) is 0 Å². The van der Waals surface area contributed by atoms with Crippen LogP contribution in [0.4, 0.5) is 5.69 Å². The van der Waals surface area contributed by atoms with Gasteiger partial charge in [0, 0.05) is 38.9 Å². The quantitative estimate of drug-likeness (QED) is 0.305. The van der Waals surface area contributed by atoms with Crippen molar-refractivity contribution in [3.63, 3.8) is 0 Å². The topological polar surface area (TPSA) is 88.8 Å². The highest BCUT2D eigenvalue weighted by atomic mass is 16.6. The molecule has 2 rings (SSSR count). The Morgan fingerprint density at radius 3 is 2.54 bits per heavy atom. The number of rotatable bonds is 9. The molecule has 144 valence electrons. The Kier molecular flexibility index (Phi) is 7.84. The number of aliphatic imine (C=N–C) groups is 1. The van der Waals surface area contributed by atoms with Gasteiger partial charge in [-0.3, -0.25) is 10.1 Å². The van der Waals surface area contributed by atoms with E-state index in [1.807, 2.05) is 6.92 Å². The van der Waals surface area contributed by atoms with E-state index in [0.29, 0.717) is 12.0 Å². The van der Waals surface area contributed by atoms with E-state index in [9.17, 15) is 10.1 Å². The predicted molar refractivity (Wildman–Crippen MR) is 103 cm³/mol. The molecule has 0 atom stereocenters. The molecule has 0 saturated heterocycles. The molecule has 1 aliphatic carbocycles. The van der Waals surface area contributed by atoms with Crippen LogP contribution in [0.5, 0.6) is 0 Å². The van der Waals surface area contributed by atoms with Gasteiger partial charge in [-0.05, 0) is 37.2 Å². The first-order valence-electron chi connectivity index (χ1n) is 9.33. The summed E-state index contributed by atoms with van der Waals surface area (Å²) >= 11 is 0. The highest BCUT2D eigenvalue weighted by Crippen LogP contribution is 2.40. The summed E-state index contributed by atoms with van der Waals surface area (Å²) in [6.07, 6.45) is 6.08. The molecule has 1 fully saturated rings. The number of nitrogens with zero attached hydrogens (tertiary/aromatic N) is 2. The summed E-state index contributed by atoms with van der Waals surface area (Å²) in [4.78, 5) is 15.0. The third-order valence-corrected chi connectivity index (χ3v) is 5.04. The molecule has 0 radical (unpaired) electrons. The molecule has 1 aromatic carbocycles. The van der Waals surface area contributed by atoms with Gasteiger partial charge in [0.1, 0.15) is 0 Å². The number of nitro groups is 1. The van der Waals surface area contributed by atoms with E-state index in [-0.39, 0.29) is 10.6 Å². The van der Waals surface area contributed by atoms with Crippen molar-refractivity contribution in [3.8, 4) is 0 Å². The van der Waals surface area contributed by atoms with Crippen LogP contribution >= 0.6 is 0 Å². The maximum atomic E-state index is 10.7. The van der Waals surface area contributed by atoms with Crippen molar-refractivity contribution >= 4 is 11.6 Å². The van der Waals surface area contributed by atoms with Crippen LogP contribution in [0, 0.1) is 15.5 Å². The van der Waals surface area contributed by atoms with Gasteiger partial charge in [0.15, 0.2) is 5.96 Å². The monoisotopic (exact) mass is 362 g/mol. The van der Waals surface area contributed by atoms with Gasteiger partial charge in [-0.1, -0.05) is 25.0 Å². The van der Waals surface area contributed by atoms with Gasteiger partial charge < -0.3 is 15.4 Å². The number of guanidine groups is 1. The van der Waals surface area contributed by atoms with Crippen LogP contribution in [0.15, 0.2) is 29.3 Å². The molecule has 0 aliphatic heterocycles. The number of nitrogens with one attached hydrogen (secondary N) is 2. The van der Waals surface area contributed by atoms with Gasteiger partial charge in [0.2, 0.25) is 0 Å². The van der Waals surface area contributed by atoms with E-state index in [4.69, 9.17) is 4.74 Å². The first-order chi connectivity index (χ1) is 12.6. The Hall–Kier alpha value is -2.15. The molecular weight excluding hydrogens is 332 g/mol. The zero-order chi connectivity index (χ0) is 18.8. The van der Waals surface area contributed by atoms with Crippen LogP contribution in [0.2, 0.25) is 0 Å². The van der Waals surface area contributed by atoms with Gasteiger partial charge in [0.25, 0.3) is 5.69 Å². The lowest BCUT2D eigenvalue weighted by molar-refractivity contribution is -0.384. The van der Waals surface area contributed by atoms with Gasteiger partial charge in [-0.15, -0.1) is 0 Å². The number of non-ortho nitro benzene ring substituents is 1. The Balaban J connectivity index is 1.96. The Morgan fingerprint density at radius 1 is 1.27 bits per heavy atom. The molecule has 2 N–H and O–H groups in total. The first-order valence-corrected chi connectivity index (χ1v) is 9.33. The second-order valence-electron chi connectivity index (χ2n) is 6.92. The van der Waals surface area contributed by atoms with E-state index >= 15 is 0 Å². The van der Waals surface area contributed by atoms with Gasteiger partial charge in [-0.25, -0.2) is 4.99 Å². The van der Waals surface area contributed by atoms with Crippen LogP contribution in [0.1, 0.15) is 44.6 Å². The molecular formula is C19H30N4O3. The molecule has 26 heavy (non-hydrogen) atoms. The van der Waals surface area contributed by atoms with Crippen molar-refractivity contribution < 1.29 is 9.66 Å². The van der Waals surface area contributed by atoms with Crippen molar-refractivity contribution in [3.05, 3.63) is 39.9 Å². The zero-order valence-corrected chi connectivity index (χ0v) is 15.8. The largest absolute Gasteiger partial charge is 0.385 e. The molecule has 7 nitrogen and oxygen atoms in total. The fourth-order valence-electron chi connectivity index (χ4n) is 3.47. The predicted octanol–water partition coefficient (Wildman–Crippen LogP) is 3.25. The Labute approximate surface area is 155 Å². The van der Waals surface area contributed by atoms with Crippen molar-refractivity contribution in [1.82, 2.24) is 10.6 Å². The highest BCUT2D eigenvalue weighted by Gasteiger charge is 2.33. The minimum Gasteiger partial charge on any atom is -0.385 e. The summed E-state index contributed by atoms with van der Waals surface area (Å²) in [7, 11) is 1.76. The van der Waals surface area contributed by atoms with Crippen molar-refractivity contribution in [2.75, 3.05) is 26.8 Å². The standard InChI is InChI=1S/C19H30N4O3/c1-3-20-18(21-14-16-6-8-17(9-7-16)23(24)25)22-15-19(12-13-26-2)10-4-5-11-19/h6-9H,3-5,10-15H2,1-2H3,(H2,20,21,22). The summed E-state index contributed by atoms with van der Waals surface area (Å²) in [5.41, 5.74) is 1.34. The normalized spacial score (nSPS) is 16.5. The van der Waals surface area contributed by atoms with Crippen LogP contribution in [-0.4, -0.2) is 37.7 Å². The Bertz CT molecular complexity index is 595. The van der Waals surface area contributed by atoms with E-state index in [1.165, 1.54) is 37.8 Å². The molecule has 1 aliphatic rings. The fourth-order valence-corrected chi connectivity index (χ4v) is 3.47. The lowest BCUT2D eigenvalue weighted by Gasteiger charge is -2.30. The molecule has 7 heteroatoms. The second-order valence-corrected chi connectivity index (χ2v) is 6.92. The SMILES string of the molecule is CCNC(=NCc1ccc([N+](=O)[O-])cc1)NCC1(CCOC)CCCC1. The summed E-state index contributed by atoms with van der Waals surface area (Å²) in [6.45, 7) is 5.00. The molecule has 0 spiro atoms. The lowest BCUT2D eigenvalue weighted by Crippen LogP contribution is -2.43. The molecule has 0 aromatic heterocycles. The smallest absolute Gasteiger partial charge is 0.269 e. The van der Waals surface area contributed by atoms with E-state index in [0.717, 1.165) is 37.6 Å². The molecule has 0 bridgehead atoms. The molecule has 1 aromatic rings. The van der Waals surface area contributed by atoms with Crippen LogP contribution in [-0.2, 0) is 11.3 Å². The summed E-state index contributed by atoms with van der Waals surface area (Å²) in [5.74, 6) is 0.787. The summed E-state index contributed by atoms with van der Waals surface area (Å²) in [5, 5.41) is 17.5. The van der Waals surface area contributed by atoms with Gasteiger partial charge in [-0.2, -0.15) is 0 Å². The molecule has 0 heterocycles. The number of hydrogen-bond donors (Lipinski definition) is 2. The molecule has 0 unspecified atom stereocenters. The first kappa shape index (κ1) is 20.2. The molecule has 0 amide bonds. The number of ether oxygens (including phenoxy) is 1. The van der Waals surface area contributed by atoms with Crippen LogP contribution in [0.3, 0.4) is 0 Å². The average Bonchev–Trinajstić information content (AvgIpc) is 3.12. The van der Waals surface area contributed by atoms with E-state index in [2.05, 4.69) is 15.6 Å². The van der Waals surface area contributed by atoms with Crippen molar-refractivity contribution in [2.24, 2.45) is 10.4 Å². The molecule has 1 saturated carbocycles. The maximum Gasteiger partial charge on any atom is 0.269 e. The second kappa shape index (κ2) is 10.1. The average molecular weight is 362 g/mol. The van der Waals surface area contributed by atoms with Gasteiger partial charge >= 0.3 is 0 Å². The Morgan fingerprint density at radius 2 is 1.96 bits per heavy atom. The third kappa shape index (κ3) is 5.98.